The highest BCUT2D eigenvalue weighted by atomic mass is 16.5. The quantitative estimate of drug-likeness (QED) is 0.704. The molecular formula is C11H18N4O2. The molecule has 0 saturated carbocycles. The summed E-state index contributed by atoms with van der Waals surface area (Å²) in [6.07, 6.45) is 0.656. The number of aliphatic hydroxyl groups is 1. The summed E-state index contributed by atoms with van der Waals surface area (Å²) < 4.78 is 5.18. The topological polar surface area (TPSA) is 79.3 Å². The van der Waals surface area contributed by atoms with Gasteiger partial charge in [0.25, 0.3) is 0 Å². The van der Waals surface area contributed by atoms with Crippen LogP contribution in [0, 0.1) is 6.92 Å². The summed E-state index contributed by atoms with van der Waals surface area (Å²) in [4.78, 5) is 8.46. The smallest absolute Gasteiger partial charge is 0.224 e. The van der Waals surface area contributed by atoms with Gasteiger partial charge in [0.05, 0.1) is 6.61 Å². The molecule has 1 unspecified atom stereocenters. The van der Waals surface area contributed by atoms with Crippen LogP contribution < -0.4 is 10.6 Å². The monoisotopic (exact) mass is 238 g/mol. The molecule has 1 aromatic heterocycles. The molecule has 1 atom stereocenters. The van der Waals surface area contributed by atoms with Gasteiger partial charge in [0.2, 0.25) is 5.95 Å². The van der Waals surface area contributed by atoms with E-state index in [1.807, 2.05) is 13.0 Å². The van der Waals surface area contributed by atoms with Crippen molar-refractivity contribution in [3.8, 4) is 0 Å². The first-order valence-electron chi connectivity index (χ1n) is 5.69. The van der Waals surface area contributed by atoms with E-state index in [-0.39, 0.29) is 0 Å². The van der Waals surface area contributed by atoms with Crippen molar-refractivity contribution in [2.75, 3.05) is 37.4 Å². The van der Waals surface area contributed by atoms with E-state index < -0.39 is 5.60 Å². The lowest BCUT2D eigenvalue weighted by Crippen LogP contribution is -2.37. The first-order chi connectivity index (χ1) is 8.11. The molecule has 1 saturated heterocycles. The SMILES string of the molecule is CNc1nc(C)cc(NCC2(O)CCOC2)n1. The molecule has 6 heteroatoms. The molecular weight excluding hydrogens is 220 g/mol. The first-order valence-corrected chi connectivity index (χ1v) is 5.69. The van der Waals surface area contributed by atoms with Crippen molar-refractivity contribution >= 4 is 11.8 Å². The normalized spacial score (nSPS) is 23.7. The lowest BCUT2D eigenvalue weighted by Gasteiger charge is -2.21. The Morgan fingerprint density at radius 1 is 1.53 bits per heavy atom. The van der Waals surface area contributed by atoms with Crippen molar-refractivity contribution in [2.24, 2.45) is 0 Å². The Labute approximate surface area is 100 Å². The van der Waals surface area contributed by atoms with Gasteiger partial charge < -0.3 is 20.5 Å². The van der Waals surface area contributed by atoms with Crippen LogP contribution in [-0.4, -0.2) is 47.5 Å². The highest BCUT2D eigenvalue weighted by Gasteiger charge is 2.31. The predicted octanol–water partition coefficient (Wildman–Crippen LogP) is 0.390. The van der Waals surface area contributed by atoms with E-state index in [1.54, 1.807) is 7.05 Å². The molecule has 0 spiro atoms. The van der Waals surface area contributed by atoms with Gasteiger partial charge in [0.15, 0.2) is 0 Å². The molecule has 94 valence electrons. The van der Waals surface area contributed by atoms with Crippen molar-refractivity contribution in [2.45, 2.75) is 18.9 Å². The maximum Gasteiger partial charge on any atom is 0.224 e. The van der Waals surface area contributed by atoms with Crippen LogP contribution in [0.3, 0.4) is 0 Å². The van der Waals surface area contributed by atoms with E-state index in [9.17, 15) is 5.11 Å². The standard InChI is InChI=1S/C11H18N4O2/c1-8-5-9(15-10(12-2)14-8)13-6-11(16)3-4-17-7-11/h5,16H,3-4,6-7H2,1-2H3,(H2,12,13,14,15). The van der Waals surface area contributed by atoms with Gasteiger partial charge in [-0.05, 0) is 6.92 Å². The van der Waals surface area contributed by atoms with E-state index in [0.29, 0.717) is 37.9 Å². The summed E-state index contributed by atoms with van der Waals surface area (Å²) in [5.41, 5.74) is 0.0973. The molecule has 1 aliphatic rings. The zero-order valence-corrected chi connectivity index (χ0v) is 10.2. The third kappa shape index (κ3) is 3.04. The molecule has 0 amide bonds. The number of ether oxygens (including phenoxy) is 1. The number of hydrogen-bond donors (Lipinski definition) is 3. The number of nitrogens with zero attached hydrogens (tertiary/aromatic N) is 2. The van der Waals surface area contributed by atoms with E-state index in [2.05, 4.69) is 20.6 Å². The number of anilines is 2. The molecule has 6 nitrogen and oxygen atoms in total. The van der Waals surface area contributed by atoms with Crippen LogP contribution >= 0.6 is 0 Å². The van der Waals surface area contributed by atoms with Gasteiger partial charge in [-0.1, -0.05) is 0 Å². The van der Waals surface area contributed by atoms with Gasteiger partial charge in [-0.15, -0.1) is 0 Å². The molecule has 0 aromatic carbocycles. The van der Waals surface area contributed by atoms with Crippen LogP contribution in [0.2, 0.25) is 0 Å². The Bertz CT molecular complexity index is 391. The highest BCUT2D eigenvalue weighted by Crippen LogP contribution is 2.19. The van der Waals surface area contributed by atoms with Crippen LogP contribution in [0.1, 0.15) is 12.1 Å². The average Bonchev–Trinajstić information content (AvgIpc) is 2.73. The van der Waals surface area contributed by atoms with E-state index >= 15 is 0 Å². The Balaban J connectivity index is 2.00. The fourth-order valence-electron chi connectivity index (χ4n) is 1.76. The van der Waals surface area contributed by atoms with Crippen LogP contribution in [0.15, 0.2) is 6.07 Å². The number of aromatic nitrogens is 2. The number of aryl methyl sites for hydroxylation is 1. The van der Waals surface area contributed by atoms with Crippen molar-refractivity contribution < 1.29 is 9.84 Å². The second-order valence-corrected chi connectivity index (χ2v) is 4.35. The van der Waals surface area contributed by atoms with E-state index in [0.717, 1.165) is 5.69 Å². The maximum absolute atomic E-state index is 10.1. The van der Waals surface area contributed by atoms with Crippen molar-refractivity contribution in [1.29, 1.82) is 0 Å². The van der Waals surface area contributed by atoms with Crippen molar-refractivity contribution in [1.82, 2.24) is 9.97 Å². The van der Waals surface area contributed by atoms with Crippen LogP contribution in [0.5, 0.6) is 0 Å². The fraction of sp³-hybridized carbons (Fsp3) is 0.636. The molecule has 1 fully saturated rings. The minimum atomic E-state index is -0.779. The van der Waals surface area contributed by atoms with Crippen LogP contribution in [-0.2, 0) is 4.74 Å². The van der Waals surface area contributed by atoms with Gasteiger partial charge in [0, 0.05) is 38.4 Å². The molecule has 0 aliphatic carbocycles. The minimum absolute atomic E-state index is 0.378. The molecule has 3 N–H and O–H groups in total. The molecule has 2 rings (SSSR count). The summed E-state index contributed by atoms with van der Waals surface area (Å²) in [6, 6.07) is 1.85. The molecule has 1 aromatic rings. The van der Waals surface area contributed by atoms with Crippen LogP contribution in [0.4, 0.5) is 11.8 Å². The maximum atomic E-state index is 10.1. The first kappa shape index (κ1) is 12.1. The highest BCUT2D eigenvalue weighted by molar-refractivity contribution is 5.42. The second kappa shape index (κ2) is 4.85. The Morgan fingerprint density at radius 3 is 3.00 bits per heavy atom. The molecule has 0 bridgehead atoms. The zero-order chi connectivity index (χ0) is 12.3. The van der Waals surface area contributed by atoms with Gasteiger partial charge in [-0.25, -0.2) is 4.98 Å². The Morgan fingerprint density at radius 2 is 2.35 bits per heavy atom. The van der Waals surface area contributed by atoms with Crippen LogP contribution in [0.25, 0.3) is 0 Å². The summed E-state index contributed by atoms with van der Waals surface area (Å²) in [5, 5.41) is 16.1. The summed E-state index contributed by atoms with van der Waals surface area (Å²) >= 11 is 0. The van der Waals surface area contributed by atoms with Gasteiger partial charge >= 0.3 is 0 Å². The number of nitrogens with one attached hydrogen (secondary N) is 2. The third-order valence-corrected chi connectivity index (χ3v) is 2.76. The molecule has 1 aliphatic heterocycles. The van der Waals surface area contributed by atoms with Crippen molar-refractivity contribution in [3.05, 3.63) is 11.8 Å². The lowest BCUT2D eigenvalue weighted by atomic mass is 10.0. The Hall–Kier alpha value is -1.40. The molecule has 0 radical (unpaired) electrons. The lowest BCUT2D eigenvalue weighted by molar-refractivity contribution is 0.0381. The number of rotatable bonds is 4. The third-order valence-electron chi connectivity index (χ3n) is 2.76. The van der Waals surface area contributed by atoms with E-state index in [4.69, 9.17) is 4.74 Å². The number of hydrogen-bond acceptors (Lipinski definition) is 6. The van der Waals surface area contributed by atoms with Gasteiger partial charge in [-0.3, -0.25) is 0 Å². The molecule has 2 heterocycles. The molecule has 17 heavy (non-hydrogen) atoms. The van der Waals surface area contributed by atoms with Crippen molar-refractivity contribution in [3.63, 3.8) is 0 Å². The largest absolute Gasteiger partial charge is 0.386 e. The summed E-state index contributed by atoms with van der Waals surface area (Å²) in [7, 11) is 1.77. The fourth-order valence-corrected chi connectivity index (χ4v) is 1.76. The van der Waals surface area contributed by atoms with Gasteiger partial charge in [-0.2, -0.15) is 4.98 Å². The Kier molecular flexibility index (Phi) is 3.44. The average molecular weight is 238 g/mol. The minimum Gasteiger partial charge on any atom is -0.386 e. The summed E-state index contributed by atoms with van der Waals surface area (Å²) in [6.45, 7) is 3.33. The van der Waals surface area contributed by atoms with E-state index in [1.165, 1.54) is 0 Å². The summed E-state index contributed by atoms with van der Waals surface area (Å²) in [5.74, 6) is 1.28. The zero-order valence-electron chi connectivity index (χ0n) is 10.2. The van der Waals surface area contributed by atoms with Gasteiger partial charge in [0.1, 0.15) is 11.4 Å². The predicted molar refractivity (Wildman–Crippen MR) is 65.2 cm³/mol. The second-order valence-electron chi connectivity index (χ2n) is 4.35.